The Morgan fingerprint density at radius 2 is 2.31 bits per heavy atom. The number of aliphatic hydroxyl groups is 1. The zero-order valence-corrected chi connectivity index (χ0v) is 8.71. The molecule has 0 aliphatic heterocycles. The molecule has 13 heavy (non-hydrogen) atoms. The van der Waals surface area contributed by atoms with Gasteiger partial charge in [-0.05, 0) is 18.2 Å². The van der Waals surface area contributed by atoms with E-state index in [4.69, 9.17) is 9.84 Å². The van der Waals surface area contributed by atoms with Crippen LogP contribution in [0.25, 0.3) is 0 Å². The molecule has 72 valence electrons. The second-order valence-electron chi connectivity index (χ2n) is 2.54. The van der Waals surface area contributed by atoms with Crippen molar-refractivity contribution in [2.45, 2.75) is 6.17 Å². The van der Waals surface area contributed by atoms with Crippen molar-refractivity contribution in [1.82, 2.24) is 0 Å². The summed E-state index contributed by atoms with van der Waals surface area (Å²) < 4.78 is 18.9. The van der Waals surface area contributed by atoms with E-state index in [0.29, 0.717) is 11.3 Å². The molecular weight excluding hydrogens is 239 g/mol. The van der Waals surface area contributed by atoms with Crippen LogP contribution in [0.1, 0.15) is 11.7 Å². The molecule has 0 spiro atoms. The van der Waals surface area contributed by atoms with E-state index in [9.17, 15) is 4.39 Å². The minimum Gasteiger partial charge on any atom is -0.496 e. The topological polar surface area (TPSA) is 29.5 Å². The Labute approximate surface area is 84.5 Å². The van der Waals surface area contributed by atoms with Gasteiger partial charge in [0.15, 0.2) is 6.17 Å². The van der Waals surface area contributed by atoms with Gasteiger partial charge in [0.25, 0.3) is 0 Å². The molecule has 0 aromatic heterocycles. The SMILES string of the molecule is COc1ccc(Br)cc1C(F)CO. The molecule has 0 fully saturated rings. The van der Waals surface area contributed by atoms with Crippen molar-refractivity contribution < 1.29 is 14.2 Å². The van der Waals surface area contributed by atoms with E-state index in [0.717, 1.165) is 4.47 Å². The number of ether oxygens (including phenoxy) is 1. The number of alkyl halides is 1. The van der Waals surface area contributed by atoms with Crippen LogP contribution in [0.3, 0.4) is 0 Å². The molecule has 1 N–H and O–H groups in total. The van der Waals surface area contributed by atoms with E-state index in [1.807, 2.05) is 0 Å². The lowest BCUT2D eigenvalue weighted by molar-refractivity contribution is 0.176. The molecule has 0 heterocycles. The maximum atomic E-state index is 13.1. The molecule has 1 atom stereocenters. The van der Waals surface area contributed by atoms with Crippen LogP contribution in [-0.2, 0) is 0 Å². The first-order chi connectivity index (χ1) is 6.19. The molecule has 0 bridgehead atoms. The van der Waals surface area contributed by atoms with Crippen molar-refractivity contribution >= 4 is 15.9 Å². The van der Waals surface area contributed by atoms with Gasteiger partial charge in [0.2, 0.25) is 0 Å². The Bertz CT molecular complexity index is 291. The van der Waals surface area contributed by atoms with Crippen LogP contribution in [0.15, 0.2) is 22.7 Å². The maximum absolute atomic E-state index is 13.1. The molecule has 0 radical (unpaired) electrons. The maximum Gasteiger partial charge on any atom is 0.152 e. The zero-order valence-electron chi connectivity index (χ0n) is 7.13. The highest BCUT2D eigenvalue weighted by molar-refractivity contribution is 9.10. The first kappa shape index (κ1) is 10.5. The van der Waals surface area contributed by atoms with Crippen LogP contribution in [-0.4, -0.2) is 18.8 Å². The van der Waals surface area contributed by atoms with E-state index in [1.54, 1.807) is 18.2 Å². The Hall–Kier alpha value is -0.610. The number of hydrogen-bond acceptors (Lipinski definition) is 2. The Kier molecular flexibility index (Phi) is 3.69. The van der Waals surface area contributed by atoms with Crippen LogP contribution < -0.4 is 4.74 Å². The first-order valence-corrected chi connectivity index (χ1v) is 4.56. The van der Waals surface area contributed by atoms with E-state index in [2.05, 4.69) is 15.9 Å². The van der Waals surface area contributed by atoms with E-state index in [1.165, 1.54) is 7.11 Å². The molecule has 2 nitrogen and oxygen atoms in total. The third-order valence-corrected chi connectivity index (χ3v) is 2.18. The van der Waals surface area contributed by atoms with E-state index in [-0.39, 0.29) is 0 Å². The minimum atomic E-state index is -1.40. The second-order valence-corrected chi connectivity index (χ2v) is 3.45. The average Bonchev–Trinajstić information content (AvgIpc) is 2.16. The lowest BCUT2D eigenvalue weighted by atomic mass is 10.1. The zero-order chi connectivity index (χ0) is 9.84. The monoisotopic (exact) mass is 248 g/mol. The fraction of sp³-hybridized carbons (Fsp3) is 0.333. The summed E-state index contributed by atoms with van der Waals surface area (Å²) in [6.45, 7) is -0.535. The fourth-order valence-electron chi connectivity index (χ4n) is 1.05. The van der Waals surface area contributed by atoms with Gasteiger partial charge in [0, 0.05) is 10.0 Å². The Morgan fingerprint density at radius 1 is 1.62 bits per heavy atom. The highest BCUT2D eigenvalue weighted by Crippen LogP contribution is 2.30. The van der Waals surface area contributed by atoms with Gasteiger partial charge in [0.1, 0.15) is 5.75 Å². The average molecular weight is 249 g/mol. The lowest BCUT2D eigenvalue weighted by Crippen LogP contribution is -2.00. The van der Waals surface area contributed by atoms with Crippen LogP contribution in [0.5, 0.6) is 5.75 Å². The third-order valence-electron chi connectivity index (χ3n) is 1.69. The number of methoxy groups -OCH3 is 1. The van der Waals surface area contributed by atoms with Crippen LogP contribution in [0.2, 0.25) is 0 Å². The van der Waals surface area contributed by atoms with Crippen LogP contribution in [0, 0.1) is 0 Å². The predicted octanol–water partition coefficient (Wildman–Crippen LogP) is 2.46. The molecule has 0 aliphatic rings. The molecule has 1 unspecified atom stereocenters. The Morgan fingerprint density at radius 3 is 2.85 bits per heavy atom. The van der Waals surface area contributed by atoms with Crippen molar-refractivity contribution in [3.8, 4) is 5.75 Å². The molecule has 4 heteroatoms. The number of aliphatic hydroxyl groups excluding tert-OH is 1. The largest absolute Gasteiger partial charge is 0.496 e. The normalized spacial score (nSPS) is 12.6. The highest BCUT2D eigenvalue weighted by atomic mass is 79.9. The summed E-state index contributed by atoms with van der Waals surface area (Å²) >= 11 is 3.22. The van der Waals surface area contributed by atoms with Crippen molar-refractivity contribution in [3.05, 3.63) is 28.2 Å². The number of benzene rings is 1. The molecule has 0 amide bonds. The van der Waals surface area contributed by atoms with Gasteiger partial charge in [-0.25, -0.2) is 4.39 Å². The second kappa shape index (κ2) is 4.58. The standard InChI is InChI=1S/C9H10BrFO2/c1-13-9-3-2-6(10)4-7(9)8(11)5-12/h2-4,8,12H,5H2,1H3. The van der Waals surface area contributed by atoms with Gasteiger partial charge < -0.3 is 9.84 Å². The van der Waals surface area contributed by atoms with E-state index < -0.39 is 12.8 Å². The van der Waals surface area contributed by atoms with Crippen molar-refractivity contribution in [2.75, 3.05) is 13.7 Å². The lowest BCUT2D eigenvalue weighted by Gasteiger charge is -2.10. The summed E-state index contributed by atoms with van der Waals surface area (Å²) in [4.78, 5) is 0. The highest BCUT2D eigenvalue weighted by Gasteiger charge is 2.13. The first-order valence-electron chi connectivity index (χ1n) is 3.77. The van der Waals surface area contributed by atoms with Crippen molar-refractivity contribution in [2.24, 2.45) is 0 Å². The molecule has 0 saturated heterocycles. The van der Waals surface area contributed by atoms with Gasteiger partial charge in [-0.2, -0.15) is 0 Å². The quantitative estimate of drug-likeness (QED) is 0.891. The van der Waals surface area contributed by atoms with Crippen LogP contribution >= 0.6 is 15.9 Å². The Balaban J connectivity index is 3.07. The molecule has 0 aliphatic carbocycles. The van der Waals surface area contributed by atoms with Crippen molar-refractivity contribution in [1.29, 1.82) is 0 Å². The van der Waals surface area contributed by atoms with Gasteiger partial charge in [-0.1, -0.05) is 15.9 Å². The predicted molar refractivity (Wildman–Crippen MR) is 51.6 cm³/mol. The van der Waals surface area contributed by atoms with Gasteiger partial charge in [-0.3, -0.25) is 0 Å². The van der Waals surface area contributed by atoms with Gasteiger partial charge >= 0.3 is 0 Å². The number of halogens is 2. The van der Waals surface area contributed by atoms with Gasteiger partial charge in [-0.15, -0.1) is 0 Å². The summed E-state index contributed by atoms with van der Waals surface area (Å²) in [5, 5.41) is 8.65. The molecule has 0 saturated carbocycles. The molecule has 1 aromatic rings. The van der Waals surface area contributed by atoms with E-state index >= 15 is 0 Å². The summed E-state index contributed by atoms with van der Waals surface area (Å²) in [5.74, 6) is 0.449. The number of rotatable bonds is 3. The smallest absolute Gasteiger partial charge is 0.152 e. The summed E-state index contributed by atoms with van der Waals surface area (Å²) in [6.07, 6.45) is -1.40. The van der Waals surface area contributed by atoms with Crippen LogP contribution in [0.4, 0.5) is 4.39 Å². The van der Waals surface area contributed by atoms with Gasteiger partial charge in [0.05, 0.1) is 13.7 Å². The summed E-state index contributed by atoms with van der Waals surface area (Å²) in [6, 6.07) is 5.01. The summed E-state index contributed by atoms with van der Waals surface area (Å²) in [7, 11) is 1.47. The third kappa shape index (κ3) is 2.42. The molecule has 1 rings (SSSR count). The minimum absolute atomic E-state index is 0.361. The molecular formula is C9H10BrFO2. The fourth-order valence-corrected chi connectivity index (χ4v) is 1.43. The van der Waals surface area contributed by atoms with Crippen molar-refractivity contribution in [3.63, 3.8) is 0 Å². The summed E-state index contributed by atoms with van der Waals surface area (Å²) in [5.41, 5.74) is 0.361. The number of hydrogen-bond donors (Lipinski definition) is 1. The molecule has 1 aromatic carbocycles.